The Morgan fingerprint density at radius 2 is 2.08 bits per heavy atom. The molecule has 0 saturated heterocycles. The minimum Gasteiger partial charge on any atom is -0.338 e. The molecule has 0 aliphatic rings. The van der Waals surface area contributed by atoms with Crippen LogP contribution in [0.25, 0.3) is 0 Å². The molecule has 12 heavy (non-hydrogen) atoms. The van der Waals surface area contributed by atoms with E-state index in [1.807, 2.05) is 6.20 Å². The normalized spacial score (nSPS) is 12.0. The smallest absolute Gasteiger partial charge is 0.108 e. The lowest BCUT2D eigenvalue weighted by Gasteiger charge is -2.17. The van der Waals surface area contributed by atoms with Crippen LogP contribution < -0.4 is 0 Å². The minimum absolute atomic E-state index is 0.986. The summed E-state index contributed by atoms with van der Waals surface area (Å²) in [6.45, 7) is 9.30. The second-order valence-electron chi connectivity index (χ2n) is 4.39. The lowest BCUT2D eigenvalue weighted by molar-refractivity contribution is 0.769. The third-order valence-electron chi connectivity index (χ3n) is 1.76. The van der Waals surface area contributed by atoms with Crippen LogP contribution in [0, 0.1) is 0 Å². The lowest BCUT2D eigenvalue weighted by Crippen LogP contribution is -2.28. The van der Waals surface area contributed by atoms with Gasteiger partial charge in [-0.05, 0) is 0 Å². The van der Waals surface area contributed by atoms with Crippen LogP contribution in [0.4, 0.5) is 0 Å². The van der Waals surface area contributed by atoms with Crippen LogP contribution in [0.3, 0.4) is 0 Å². The summed E-state index contributed by atoms with van der Waals surface area (Å²) in [5.41, 5.74) is 0. The summed E-state index contributed by atoms with van der Waals surface area (Å²) in [4.78, 5) is 4.30. The van der Waals surface area contributed by atoms with E-state index in [0.29, 0.717) is 0 Å². The summed E-state index contributed by atoms with van der Waals surface area (Å²) in [6.07, 6.45) is 6.23. The van der Waals surface area contributed by atoms with E-state index in [1.54, 1.807) is 0 Å². The number of rotatable bonds is 3. The van der Waals surface area contributed by atoms with Crippen molar-refractivity contribution >= 4 is 8.07 Å². The van der Waals surface area contributed by atoms with Gasteiger partial charge in [-0.2, -0.15) is 0 Å². The number of hydrogen-bond acceptors (Lipinski definition) is 1. The largest absolute Gasteiger partial charge is 0.338 e. The monoisotopic (exact) mass is 182 g/mol. The van der Waals surface area contributed by atoms with E-state index < -0.39 is 8.07 Å². The van der Waals surface area contributed by atoms with E-state index in [4.69, 9.17) is 0 Å². The Labute approximate surface area is 75.6 Å². The quantitative estimate of drug-likeness (QED) is 0.656. The Balaban J connectivity index is 2.75. The average Bonchev–Trinajstić information content (AvgIpc) is 2.31. The zero-order valence-electron chi connectivity index (χ0n) is 8.46. The zero-order chi connectivity index (χ0) is 9.19. The van der Waals surface area contributed by atoms with Crippen LogP contribution in [-0.4, -0.2) is 17.6 Å². The summed E-state index contributed by atoms with van der Waals surface area (Å²) >= 11 is 0. The van der Waals surface area contributed by atoms with Crippen LogP contribution in [0.2, 0.25) is 19.6 Å². The van der Waals surface area contributed by atoms with E-state index in [0.717, 1.165) is 6.42 Å². The fourth-order valence-corrected chi connectivity index (χ4v) is 2.62. The first-order chi connectivity index (χ1) is 5.53. The Morgan fingerprint density at radius 3 is 2.58 bits per heavy atom. The topological polar surface area (TPSA) is 17.8 Å². The number of nitrogens with zero attached hydrogens (tertiary/aromatic N) is 2. The highest BCUT2D eigenvalue weighted by Crippen LogP contribution is 2.07. The van der Waals surface area contributed by atoms with E-state index in [-0.39, 0.29) is 0 Å². The molecule has 1 aromatic heterocycles. The second kappa shape index (κ2) is 3.43. The minimum atomic E-state index is -0.986. The first-order valence-electron chi connectivity index (χ1n) is 4.53. The van der Waals surface area contributed by atoms with E-state index in [2.05, 4.69) is 42.3 Å². The molecule has 3 heteroatoms. The fraction of sp³-hybridized carbons (Fsp3) is 0.667. The molecule has 68 valence electrons. The van der Waals surface area contributed by atoms with Gasteiger partial charge >= 0.3 is 0 Å². The van der Waals surface area contributed by atoms with Gasteiger partial charge in [0.1, 0.15) is 5.82 Å². The van der Waals surface area contributed by atoms with Gasteiger partial charge in [-0.25, -0.2) is 4.98 Å². The SMILES string of the molecule is CCc1nccn1C[Si](C)(C)C. The summed E-state index contributed by atoms with van der Waals surface area (Å²) in [7, 11) is -0.986. The molecule has 1 rings (SSSR count). The first-order valence-corrected chi connectivity index (χ1v) is 8.23. The Hall–Kier alpha value is -0.573. The third kappa shape index (κ3) is 2.48. The molecule has 0 atom stereocenters. The molecule has 0 fully saturated rings. The maximum atomic E-state index is 4.30. The van der Waals surface area contributed by atoms with Gasteiger partial charge in [-0.15, -0.1) is 0 Å². The summed E-state index contributed by atoms with van der Waals surface area (Å²) in [5.74, 6) is 1.22. The second-order valence-corrected chi connectivity index (χ2v) is 9.82. The number of aromatic nitrogens is 2. The van der Waals surface area contributed by atoms with Crippen molar-refractivity contribution in [3.8, 4) is 0 Å². The van der Waals surface area contributed by atoms with Crippen molar-refractivity contribution in [3.63, 3.8) is 0 Å². The summed E-state index contributed by atoms with van der Waals surface area (Å²) < 4.78 is 2.30. The molecule has 0 aromatic carbocycles. The van der Waals surface area contributed by atoms with Gasteiger partial charge in [0.15, 0.2) is 0 Å². The Morgan fingerprint density at radius 1 is 1.42 bits per heavy atom. The fourth-order valence-electron chi connectivity index (χ4n) is 1.31. The van der Waals surface area contributed by atoms with Gasteiger partial charge in [-0.3, -0.25) is 0 Å². The van der Waals surface area contributed by atoms with Gasteiger partial charge in [0.05, 0.1) is 8.07 Å². The van der Waals surface area contributed by atoms with Gasteiger partial charge in [-0.1, -0.05) is 26.6 Å². The molecule has 0 aliphatic heterocycles. The average molecular weight is 182 g/mol. The van der Waals surface area contributed by atoms with Crippen molar-refractivity contribution in [1.82, 2.24) is 9.55 Å². The van der Waals surface area contributed by atoms with Crippen LogP contribution in [0.15, 0.2) is 12.4 Å². The van der Waals surface area contributed by atoms with Crippen LogP contribution >= 0.6 is 0 Å². The van der Waals surface area contributed by atoms with Crippen LogP contribution in [0.1, 0.15) is 12.7 Å². The Kier molecular flexibility index (Phi) is 2.72. The zero-order valence-corrected chi connectivity index (χ0v) is 9.46. The van der Waals surface area contributed by atoms with E-state index in [9.17, 15) is 0 Å². The summed E-state index contributed by atoms with van der Waals surface area (Å²) in [5, 5.41) is 0. The molecule has 0 radical (unpaired) electrons. The van der Waals surface area contributed by atoms with Gasteiger partial charge in [0.2, 0.25) is 0 Å². The number of imidazole rings is 1. The first kappa shape index (κ1) is 9.51. The molecule has 0 amide bonds. The third-order valence-corrected chi connectivity index (χ3v) is 3.05. The molecule has 0 saturated carbocycles. The van der Waals surface area contributed by atoms with Crippen LogP contribution in [0.5, 0.6) is 0 Å². The van der Waals surface area contributed by atoms with Crippen molar-refractivity contribution in [1.29, 1.82) is 0 Å². The lowest BCUT2D eigenvalue weighted by atomic mass is 10.5. The molecular weight excluding hydrogens is 164 g/mol. The Bertz CT molecular complexity index is 247. The van der Waals surface area contributed by atoms with Crippen molar-refractivity contribution in [2.75, 3.05) is 0 Å². The molecule has 0 bridgehead atoms. The molecule has 1 aromatic rings. The molecular formula is C9H18N2Si. The maximum Gasteiger partial charge on any atom is 0.108 e. The molecule has 2 nitrogen and oxygen atoms in total. The van der Waals surface area contributed by atoms with Crippen molar-refractivity contribution in [2.45, 2.75) is 39.2 Å². The van der Waals surface area contributed by atoms with E-state index >= 15 is 0 Å². The van der Waals surface area contributed by atoms with Crippen molar-refractivity contribution in [2.24, 2.45) is 0 Å². The maximum absolute atomic E-state index is 4.30. The molecule has 0 spiro atoms. The van der Waals surface area contributed by atoms with Crippen molar-refractivity contribution < 1.29 is 0 Å². The van der Waals surface area contributed by atoms with Gasteiger partial charge < -0.3 is 4.57 Å². The summed E-state index contributed by atoms with van der Waals surface area (Å²) in [6, 6.07) is 0. The molecule has 0 N–H and O–H groups in total. The standard InChI is InChI=1S/C9H18N2Si/c1-5-9-10-6-7-11(9)8-12(2,3)4/h6-7H,5,8H2,1-4H3. The van der Waals surface area contributed by atoms with Crippen molar-refractivity contribution in [3.05, 3.63) is 18.2 Å². The number of hydrogen-bond donors (Lipinski definition) is 0. The number of aryl methyl sites for hydroxylation is 1. The molecule has 0 aliphatic carbocycles. The molecule has 0 unspecified atom stereocenters. The molecule has 1 heterocycles. The van der Waals surface area contributed by atoms with Gasteiger partial charge in [0, 0.05) is 25.0 Å². The highest BCUT2D eigenvalue weighted by molar-refractivity contribution is 6.74. The van der Waals surface area contributed by atoms with Gasteiger partial charge in [0.25, 0.3) is 0 Å². The predicted molar refractivity (Wildman–Crippen MR) is 55.0 cm³/mol. The van der Waals surface area contributed by atoms with Crippen LogP contribution in [-0.2, 0) is 12.6 Å². The van der Waals surface area contributed by atoms with E-state index in [1.165, 1.54) is 12.0 Å². The highest BCUT2D eigenvalue weighted by atomic mass is 28.3. The predicted octanol–water partition coefficient (Wildman–Crippen LogP) is 2.32. The highest BCUT2D eigenvalue weighted by Gasteiger charge is 2.14.